The van der Waals surface area contributed by atoms with Crippen molar-refractivity contribution in [2.75, 3.05) is 0 Å². The van der Waals surface area contributed by atoms with Gasteiger partial charge in [0.1, 0.15) is 11.2 Å². The molecule has 0 aliphatic rings. The Morgan fingerprint density at radius 2 is 0.853 bits per heavy atom. The number of rotatable bonds is 4. The zero-order chi connectivity index (χ0) is 23.1. The second-order valence-electron chi connectivity index (χ2n) is 9.24. The van der Waals surface area contributed by atoms with Gasteiger partial charge < -0.3 is 4.42 Å². The Hall–Kier alpha value is -4.10. The van der Waals surface area contributed by atoms with Crippen LogP contribution in [0.2, 0.25) is 0 Å². The molecule has 0 spiro atoms. The first-order valence-corrected chi connectivity index (χ1v) is 11.9. The fraction of sp³-hybridized carbons (Fsp3) is 0.0909. The van der Waals surface area contributed by atoms with E-state index in [0.29, 0.717) is 5.92 Å². The molecule has 0 saturated heterocycles. The van der Waals surface area contributed by atoms with Gasteiger partial charge in [-0.1, -0.05) is 105 Å². The number of furan rings is 1. The number of hydrogen-bond donors (Lipinski definition) is 0. The largest absolute Gasteiger partial charge is 0.456 e. The molecular formula is C33H26O. The molecule has 5 aromatic carbocycles. The Bertz CT molecular complexity index is 1590. The maximum atomic E-state index is 6.14. The van der Waals surface area contributed by atoms with Crippen molar-refractivity contribution < 1.29 is 4.42 Å². The van der Waals surface area contributed by atoms with Crippen LogP contribution in [-0.2, 0) is 0 Å². The van der Waals surface area contributed by atoms with Crippen LogP contribution < -0.4 is 0 Å². The van der Waals surface area contributed by atoms with Gasteiger partial charge in [-0.15, -0.1) is 0 Å². The number of hydrogen-bond acceptors (Lipinski definition) is 1. The molecule has 0 aliphatic carbocycles. The molecule has 1 heterocycles. The molecule has 0 fully saturated rings. The van der Waals surface area contributed by atoms with E-state index < -0.39 is 0 Å². The van der Waals surface area contributed by atoms with Gasteiger partial charge in [-0.05, 0) is 69.1 Å². The van der Waals surface area contributed by atoms with Crippen molar-refractivity contribution in [3.8, 4) is 33.4 Å². The van der Waals surface area contributed by atoms with Crippen LogP contribution in [0.4, 0.5) is 0 Å². The van der Waals surface area contributed by atoms with Crippen LogP contribution in [0.5, 0.6) is 0 Å². The molecule has 0 amide bonds. The molecule has 1 aromatic heterocycles. The van der Waals surface area contributed by atoms with Crippen molar-refractivity contribution in [3.63, 3.8) is 0 Å². The lowest BCUT2D eigenvalue weighted by Gasteiger charge is -2.08. The van der Waals surface area contributed by atoms with Crippen molar-refractivity contribution >= 4 is 21.9 Å². The molecule has 0 N–H and O–H groups in total. The molecule has 1 heteroatoms. The van der Waals surface area contributed by atoms with E-state index in [1.807, 2.05) is 6.07 Å². The summed E-state index contributed by atoms with van der Waals surface area (Å²) in [6.07, 6.45) is 0. The van der Waals surface area contributed by atoms with Crippen LogP contribution in [0.1, 0.15) is 25.3 Å². The summed E-state index contributed by atoms with van der Waals surface area (Å²) in [6, 6.07) is 41.2. The quantitative estimate of drug-likeness (QED) is 0.267. The zero-order valence-electron chi connectivity index (χ0n) is 19.5. The van der Waals surface area contributed by atoms with Crippen molar-refractivity contribution in [3.05, 3.63) is 121 Å². The fourth-order valence-corrected chi connectivity index (χ4v) is 4.68. The highest BCUT2D eigenvalue weighted by atomic mass is 16.3. The average Bonchev–Trinajstić information content (AvgIpc) is 3.26. The highest BCUT2D eigenvalue weighted by molar-refractivity contribution is 6.07. The van der Waals surface area contributed by atoms with Crippen LogP contribution in [0.3, 0.4) is 0 Å². The van der Waals surface area contributed by atoms with Crippen molar-refractivity contribution in [2.24, 2.45) is 0 Å². The van der Waals surface area contributed by atoms with E-state index in [9.17, 15) is 0 Å². The lowest BCUT2D eigenvalue weighted by atomic mass is 9.96. The molecule has 6 rings (SSSR count). The summed E-state index contributed by atoms with van der Waals surface area (Å²) >= 11 is 0. The summed E-state index contributed by atoms with van der Waals surface area (Å²) in [6.45, 7) is 4.46. The lowest BCUT2D eigenvalue weighted by Crippen LogP contribution is -1.86. The number of fused-ring (bicyclic) bond motifs is 3. The minimum atomic E-state index is 0.550. The lowest BCUT2D eigenvalue weighted by molar-refractivity contribution is 0.669. The number of benzene rings is 5. The van der Waals surface area contributed by atoms with E-state index in [-0.39, 0.29) is 0 Å². The molecule has 0 atom stereocenters. The molecule has 0 radical (unpaired) electrons. The Morgan fingerprint density at radius 1 is 0.441 bits per heavy atom. The summed E-state index contributed by atoms with van der Waals surface area (Å²) in [5.41, 5.74) is 10.5. The van der Waals surface area contributed by atoms with Crippen molar-refractivity contribution in [1.82, 2.24) is 0 Å². The predicted octanol–water partition coefficient (Wildman–Crippen LogP) is 9.71. The zero-order valence-corrected chi connectivity index (χ0v) is 19.5. The normalized spacial score (nSPS) is 11.5. The topological polar surface area (TPSA) is 13.1 Å². The maximum Gasteiger partial charge on any atom is 0.135 e. The van der Waals surface area contributed by atoms with Crippen molar-refractivity contribution in [1.29, 1.82) is 0 Å². The van der Waals surface area contributed by atoms with Gasteiger partial charge in [0.15, 0.2) is 0 Å². The highest BCUT2D eigenvalue weighted by Crippen LogP contribution is 2.35. The summed E-state index contributed by atoms with van der Waals surface area (Å²) in [4.78, 5) is 0. The van der Waals surface area contributed by atoms with Crippen LogP contribution >= 0.6 is 0 Å². The van der Waals surface area contributed by atoms with Crippen LogP contribution in [0.25, 0.3) is 55.3 Å². The summed E-state index contributed by atoms with van der Waals surface area (Å²) in [5.74, 6) is 0.550. The van der Waals surface area contributed by atoms with Gasteiger partial charge in [0, 0.05) is 10.8 Å². The van der Waals surface area contributed by atoms with E-state index in [4.69, 9.17) is 4.42 Å². The SMILES string of the molecule is CC(C)c1ccc(-c2ccc(-c3ccc4oc5ccc(-c6ccccc6)cc5c4c3)cc2)cc1. The van der Waals surface area contributed by atoms with Gasteiger partial charge in [-0.3, -0.25) is 0 Å². The minimum absolute atomic E-state index is 0.550. The fourth-order valence-electron chi connectivity index (χ4n) is 4.68. The standard InChI is InChI=1S/C33H26O/c1-22(2)23-8-10-25(11-9-23)26-12-14-27(15-13-26)29-17-19-33-31(21-29)30-20-28(16-18-32(30)34-33)24-6-4-3-5-7-24/h3-22H,1-2H3. The van der Waals surface area contributed by atoms with E-state index in [1.54, 1.807) is 0 Å². The first kappa shape index (κ1) is 20.5. The molecule has 164 valence electrons. The van der Waals surface area contributed by atoms with Gasteiger partial charge in [-0.2, -0.15) is 0 Å². The molecule has 0 aliphatic heterocycles. The average molecular weight is 439 g/mol. The Morgan fingerprint density at radius 3 is 1.35 bits per heavy atom. The summed E-state index contributed by atoms with van der Waals surface area (Å²) in [5, 5.41) is 2.30. The predicted molar refractivity (Wildman–Crippen MR) is 144 cm³/mol. The van der Waals surface area contributed by atoms with Crippen LogP contribution in [0, 0.1) is 0 Å². The highest BCUT2D eigenvalue weighted by Gasteiger charge is 2.10. The third-order valence-electron chi connectivity index (χ3n) is 6.71. The Balaban J connectivity index is 1.37. The van der Waals surface area contributed by atoms with E-state index in [1.165, 1.54) is 38.9 Å². The summed E-state index contributed by atoms with van der Waals surface area (Å²) < 4.78 is 6.14. The van der Waals surface area contributed by atoms with E-state index in [2.05, 4.69) is 123 Å². The maximum absolute atomic E-state index is 6.14. The van der Waals surface area contributed by atoms with Gasteiger partial charge in [0.25, 0.3) is 0 Å². The summed E-state index contributed by atoms with van der Waals surface area (Å²) in [7, 11) is 0. The molecule has 0 unspecified atom stereocenters. The second-order valence-corrected chi connectivity index (χ2v) is 9.24. The minimum Gasteiger partial charge on any atom is -0.456 e. The van der Waals surface area contributed by atoms with Gasteiger partial charge in [0.05, 0.1) is 0 Å². The third-order valence-corrected chi connectivity index (χ3v) is 6.71. The first-order chi connectivity index (χ1) is 16.7. The molecule has 0 saturated carbocycles. The van der Waals surface area contributed by atoms with E-state index >= 15 is 0 Å². The van der Waals surface area contributed by atoms with Crippen molar-refractivity contribution in [2.45, 2.75) is 19.8 Å². The van der Waals surface area contributed by atoms with E-state index in [0.717, 1.165) is 21.9 Å². The molecule has 34 heavy (non-hydrogen) atoms. The van der Waals surface area contributed by atoms with Gasteiger partial charge in [-0.25, -0.2) is 0 Å². The smallest absolute Gasteiger partial charge is 0.135 e. The van der Waals surface area contributed by atoms with Gasteiger partial charge in [0.2, 0.25) is 0 Å². The first-order valence-electron chi connectivity index (χ1n) is 11.9. The van der Waals surface area contributed by atoms with Gasteiger partial charge >= 0.3 is 0 Å². The Kier molecular flexibility index (Phi) is 5.04. The third kappa shape index (κ3) is 3.70. The molecule has 0 bridgehead atoms. The van der Waals surface area contributed by atoms with Crippen LogP contribution in [-0.4, -0.2) is 0 Å². The Labute approximate surface area is 200 Å². The second kappa shape index (κ2) is 8.35. The monoisotopic (exact) mass is 438 g/mol. The molecular weight excluding hydrogens is 412 g/mol. The van der Waals surface area contributed by atoms with Crippen LogP contribution in [0.15, 0.2) is 120 Å². The molecule has 6 aromatic rings. The molecule has 1 nitrogen and oxygen atoms in total.